The maximum Gasteiger partial charge on any atom is 0.262 e. The summed E-state index contributed by atoms with van der Waals surface area (Å²) in [7, 11) is 0. The van der Waals surface area contributed by atoms with Gasteiger partial charge in [0.25, 0.3) is 5.91 Å². The molecule has 2 amide bonds. The number of nitrogens with zero attached hydrogens (tertiary/aromatic N) is 3. The minimum Gasteiger partial charge on any atom is -0.326 e. The van der Waals surface area contributed by atoms with Crippen molar-refractivity contribution in [3.8, 4) is 0 Å². The Bertz CT molecular complexity index is 1390. The summed E-state index contributed by atoms with van der Waals surface area (Å²) in [5, 5.41) is 9.20. The fourth-order valence-corrected chi connectivity index (χ4v) is 5.64. The summed E-state index contributed by atoms with van der Waals surface area (Å²) in [5.74, 6) is -0.935. The van der Waals surface area contributed by atoms with Crippen LogP contribution in [0.3, 0.4) is 0 Å². The zero-order chi connectivity index (χ0) is 25.2. The maximum absolute atomic E-state index is 13.6. The number of hydrogen-bond acceptors (Lipinski definition) is 5. The predicted molar refractivity (Wildman–Crippen MR) is 145 cm³/mol. The van der Waals surface area contributed by atoms with Gasteiger partial charge in [-0.25, -0.2) is 9.40 Å². The lowest BCUT2D eigenvalue weighted by molar-refractivity contribution is -0.121. The summed E-state index contributed by atoms with van der Waals surface area (Å²) < 4.78 is 14.5. The molecular formula is C27H22BrFN4O2S. The summed E-state index contributed by atoms with van der Waals surface area (Å²) in [4.78, 5) is 29.6. The van der Waals surface area contributed by atoms with Crippen LogP contribution >= 0.6 is 27.7 Å². The summed E-state index contributed by atoms with van der Waals surface area (Å²) >= 11 is 4.74. The predicted octanol–water partition coefficient (Wildman–Crippen LogP) is 6.07. The fourth-order valence-electron chi connectivity index (χ4n) is 4.18. The van der Waals surface area contributed by atoms with Crippen LogP contribution in [0.25, 0.3) is 0 Å². The minimum atomic E-state index is -0.635. The Morgan fingerprint density at radius 2 is 1.92 bits per heavy atom. The van der Waals surface area contributed by atoms with Crippen LogP contribution in [0.1, 0.15) is 35.6 Å². The van der Waals surface area contributed by atoms with E-state index in [1.807, 2.05) is 55.5 Å². The number of amides is 2. The summed E-state index contributed by atoms with van der Waals surface area (Å²) in [6.07, 6.45) is 0.566. The number of amidine groups is 1. The van der Waals surface area contributed by atoms with Crippen LogP contribution in [-0.2, 0) is 9.59 Å². The summed E-state index contributed by atoms with van der Waals surface area (Å²) in [6.45, 7) is 1.95. The number of halogens is 2. The van der Waals surface area contributed by atoms with E-state index in [2.05, 4.69) is 26.2 Å². The highest BCUT2D eigenvalue weighted by atomic mass is 79.9. The molecule has 3 aromatic rings. The molecule has 0 unspecified atom stereocenters. The van der Waals surface area contributed by atoms with E-state index >= 15 is 0 Å². The zero-order valence-corrected chi connectivity index (χ0v) is 21.7. The lowest BCUT2D eigenvalue weighted by Gasteiger charge is -2.23. The third-order valence-electron chi connectivity index (χ3n) is 5.92. The lowest BCUT2D eigenvalue weighted by atomic mass is 9.98. The van der Waals surface area contributed by atoms with Gasteiger partial charge >= 0.3 is 0 Å². The van der Waals surface area contributed by atoms with Crippen molar-refractivity contribution in [3.05, 3.63) is 99.8 Å². The van der Waals surface area contributed by atoms with E-state index in [0.717, 1.165) is 26.9 Å². The van der Waals surface area contributed by atoms with Crippen molar-refractivity contribution in [2.24, 2.45) is 10.1 Å². The molecule has 2 atom stereocenters. The topological polar surface area (TPSA) is 74.1 Å². The maximum atomic E-state index is 13.6. The summed E-state index contributed by atoms with van der Waals surface area (Å²) in [6, 6.07) is 21.4. The van der Waals surface area contributed by atoms with Crippen LogP contribution in [0.2, 0.25) is 0 Å². The quantitative estimate of drug-likeness (QED) is 0.408. The monoisotopic (exact) mass is 564 g/mol. The van der Waals surface area contributed by atoms with Gasteiger partial charge in [0.05, 0.1) is 11.8 Å². The van der Waals surface area contributed by atoms with E-state index in [1.165, 1.54) is 23.9 Å². The van der Waals surface area contributed by atoms with Gasteiger partial charge in [-0.2, -0.15) is 10.1 Å². The molecule has 0 saturated carbocycles. The number of aryl methyl sites for hydroxylation is 1. The molecule has 0 aromatic heterocycles. The van der Waals surface area contributed by atoms with Gasteiger partial charge in [0.2, 0.25) is 5.91 Å². The second kappa shape index (κ2) is 10.4. The van der Waals surface area contributed by atoms with E-state index < -0.39 is 5.25 Å². The third kappa shape index (κ3) is 5.42. The van der Waals surface area contributed by atoms with E-state index in [4.69, 9.17) is 5.10 Å². The smallest absolute Gasteiger partial charge is 0.262 e. The largest absolute Gasteiger partial charge is 0.326 e. The molecule has 3 aromatic carbocycles. The molecule has 2 aliphatic rings. The molecule has 0 spiro atoms. The first-order chi connectivity index (χ1) is 17.4. The average Bonchev–Trinajstić information content (AvgIpc) is 3.44. The van der Waals surface area contributed by atoms with Crippen molar-refractivity contribution in [2.75, 3.05) is 5.32 Å². The Morgan fingerprint density at radius 1 is 1.14 bits per heavy atom. The van der Waals surface area contributed by atoms with Crippen LogP contribution < -0.4 is 5.32 Å². The van der Waals surface area contributed by atoms with Crippen molar-refractivity contribution >= 4 is 56.1 Å². The molecule has 182 valence electrons. The second-order valence-electron chi connectivity index (χ2n) is 8.63. The Morgan fingerprint density at radius 3 is 2.67 bits per heavy atom. The van der Waals surface area contributed by atoms with Gasteiger partial charge in [-0.3, -0.25) is 9.59 Å². The van der Waals surface area contributed by atoms with Crippen LogP contribution in [0.4, 0.5) is 10.1 Å². The highest BCUT2D eigenvalue weighted by Gasteiger charge is 2.39. The van der Waals surface area contributed by atoms with E-state index in [0.29, 0.717) is 17.3 Å². The average molecular weight is 565 g/mol. The molecule has 1 N–H and O–H groups in total. The van der Waals surface area contributed by atoms with Crippen LogP contribution in [-0.4, -0.2) is 33.0 Å². The number of carbonyl (C=O) groups is 2. The van der Waals surface area contributed by atoms with Crippen LogP contribution in [0.15, 0.2) is 87.4 Å². The van der Waals surface area contributed by atoms with E-state index in [1.54, 1.807) is 17.1 Å². The van der Waals surface area contributed by atoms with Gasteiger partial charge in [-0.05, 0) is 60.0 Å². The SMILES string of the molecule is Cc1cccc(NC(=O)C[C@H]2SC(N3N=C(c4cccc(Br)c4)C[C@@H]3c3ccc(F)cc3)=NC2=O)c1. The van der Waals surface area contributed by atoms with E-state index in [9.17, 15) is 14.0 Å². The molecule has 6 nitrogen and oxygen atoms in total. The number of hydrogen-bond donors (Lipinski definition) is 1. The molecule has 9 heteroatoms. The Kier molecular flexibility index (Phi) is 7.02. The Hall–Kier alpha value is -3.30. The normalized spacial score (nSPS) is 19.3. The Labute approximate surface area is 220 Å². The van der Waals surface area contributed by atoms with Gasteiger partial charge in [-0.1, -0.05) is 64.1 Å². The molecule has 0 saturated heterocycles. The number of carbonyl (C=O) groups excluding carboxylic acids is 2. The molecule has 0 bridgehead atoms. The fraction of sp³-hybridized carbons (Fsp3) is 0.185. The number of thioether (sulfide) groups is 1. The number of benzene rings is 3. The first kappa shape index (κ1) is 24.4. The zero-order valence-electron chi connectivity index (χ0n) is 19.3. The first-order valence-electron chi connectivity index (χ1n) is 11.4. The van der Waals surface area contributed by atoms with Crippen molar-refractivity contribution in [3.63, 3.8) is 0 Å². The molecular weight excluding hydrogens is 543 g/mol. The van der Waals surface area contributed by atoms with Crippen molar-refractivity contribution in [2.45, 2.75) is 31.1 Å². The molecule has 0 fully saturated rings. The van der Waals surface area contributed by atoms with Gasteiger partial charge in [0.1, 0.15) is 11.1 Å². The highest BCUT2D eigenvalue weighted by Crippen LogP contribution is 2.39. The van der Waals surface area contributed by atoms with Crippen LogP contribution in [0, 0.1) is 12.7 Å². The van der Waals surface area contributed by atoms with Crippen molar-refractivity contribution in [1.82, 2.24) is 5.01 Å². The summed E-state index contributed by atoms with van der Waals surface area (Å²) in [5.41, 5.74) is 4.37. The van der Waals surface area contributed by atoms with Gasteiger partial charge in [-0.15, -0.1) is 0 Å². The third-order valence-corrected chi connectivity index (χ3v) is 7.56. The van der Waals surface area contributed by atoms with E-state index in [-0.39, 0.29) is 30.1 Å². The lowest BCUT2D eigenvalue weighted by Crippen LogP contribution is -2.25. The first-order valence-corrected chi connectivity index (χ1v) is 13.1. The second-order valence-corrected chi connectivity index (χ2v) is 10.7. The number of aliphatic imine (C=N–C) groups is 1. The number of rotatable bonds is 5. The van der Waals surface area contributed by atoms with Crippen molar-refractivity contribution < 1.29 is 14.0 Å². The number of anilines is 1. The van der Waals surface area contributed by atoms with Crippen LogP contribution in [0.5, 0.6) is 0 Å². The molecule has 2 heterocycles. The minimum absolute atomic E-state index is 0.00169. The molecule has 2 aliphatic heterocycles. The Balaban J connectivity index is 1.36. The molecule has 0 aliphatic carbocycles. The highest BCUT2D eigenvalue weighted by molar-refractivity contribution is 9.10. The van der Waals surface area contributed by atoms with Gasteiger partial charge < -0.3 is 5.32 Å². The number of nitrogens with one attached hydrogen (secondary N) is 1. The molecule has 5 rings (SSSR count). The number of hydrazone groups is 1. The standard InChI is InChI=1S/C27H22BrFN4O2S/c1-16-4-2-7-21(12-16)30-25(34)15-24-26(35)31-27(36-24)33-23(17-8-10-20(29)11-9-17)14-22(32-33)18-5-3-6-19(28)13-18/h2-13,23-24H,14-15H2,1H3,(H,30,34)/t23-,24-/m1/s1. The van der Waals surface area contributed by atoms with Crippen molar-refractivity contribution in [1.29, 1.82) is 0 Å². The van der Waals surface area contributed by atoms with Gasteiger partial charge in [0.15, 0.2) is 5.17 Å². The molecule has 36 heavy (non-hydrogen) atoms. The molecule has 0 radical (unpaired) electrons. The van der Waals surface area contributed by atoms with Gasteiger partial charge in [0, 0.05) is 23.0 Å².